The van der Waals surface area contributed by atoms with Crippen molar-refractivity contribution in [2.45, 2.75) is 31.7 Å². The number of carbonyl (C=O) groups is 1. The van der Waals surface area contributed by atoms with E-state index < -0.39 is 0 Å². The summed E-state index contributed by atoms with van der Waals surface area (Å²) in [6, 6.07) is 0. The minimum atomic E-state index is -0.280. The van der Waals surface area contributed by atoms with Crippen molar-refractivity contribution in [2.24, 2.45) is 0 Å². The highest BCUT2D eigenvalue weighted by Gasteiger charge is 2.38. The average molecular weight is 271 g/mol. The van der Waals surface area contributed by atoms with Gasteiger partial charge < -0.3 is 10.6 Å². The van der Waals surface area contributed by atoms with E-state index in [0.29, 0.717) is 0 Å². The van der Waals surface area contributed by atoms with Crippen LogP contribution in [-0.2, 0) is 4.79 Å². The van der Waals surface area contributed by atoms with Crippen LogP contribution in [0.5, 0.6) is 0 Å². The molecule has 0 aromatic carbocycles. The fourth-order valence-corrected chi connectivity index (χ4v) is 3.76. The van der Waals surface area contributed by atoms with Crippen LogP contribution in [0.25, 0.3) is 0 Å². The smallest absolute Gasteiger partial charge is 0.240 e. The Labute approximate surface area is 114 Å². The maximum Gasteiger partial charge on any atom is 0.240 e. The summed E-state index contributed by atoms with van der Waals surface area (Å²) < 4.78 is 0. The van der Waals surface area contributed by atoms with Gasteiger partial charge in [-0.2, -0.15) is 11.8 Å². The Balaban J connectivity index is 1.70. The van der Waals surface area contributed by atoms with E-state index in [2.05, 4.69) is 22.5 Å². The molecule has 2 aliphatic rings. The molecule has 18 heavy (non-hydrogen) atoms. The second-order valence-electron chi connectivity index (χ2n) is 5.18. The van der Waals surface area contributed by atoms with Crippen molar-refractivity contribution in [2.75, 3.05) is 44.2 Å². The summed E-state index contributed by atoms with van der Waals surface area (Å²) in [5.41, 5.74) is -0.280. The van der Waals surface area contributed by atoms with Crippen LogP contribution >= 0.6 is 11.8 Å². The monoisotopic (exact) mass is 271 g/mol. The summed E-state index contributed by atoms with van der Waals surface area (Å²) in [4.78, 5) is 14.7. The molecule has 4 nitrogen and oxygen atoms in total. The van der Waals surface area contributed by atoms with Gasteiger partial charge in [0.25, 0.3) is 0 Å². The number of nitrogens with zero attached hydrogens (tertiary/aromatic N) is 1. The van der Waals surface area contributed by atoms with Crippen LogP contribution in [-0.4, -0.2) is 60.6 Å². The van der Waals surface area contributed by atoms with E-state index in [1.807, 2.05) is 11.8 Å². The fraction of sp³-hybridized carbons (Fsp3) is 0.923. The number of nitrogens with one attached hydrogen (secondary N) is 2. The molecule has 0 aromatic heterocycles. The van der Waals surface area contributed by atoms with Crippen molar-refractivity contribution >= 4 is 17.7 Å². The van der Waals surface area contributed by atoms with Crippen LogP contribution in [0.2, 0.25) is 0 Å². The molecule has 104 valence electrons. The molecule has 0 spiro atoms. The SMILES string of the molecule is CCC1(C(=O)NCCN2CCSCC2)CCCN1. The zero-order valence-corrected chi connectivity index (χ0v) is 12.2. The van der Waals surface area contributed by atoms with Gasteiger partial charge in [-0.05, 0) is 25.8 Å². The summed E-state index contributed by atoms with van der Waals surface area (Å²) in [7, 11) is 0. The van der Waals surface area contributed by atoms with E-state index in [1.165, 1.54) is 11.5 Å². The summed E-state index contributed by atoms with van der Waals surface area (Å²) >= 11 is 2.02. The summed E-state index contributed by atoms with van der Waals surface area (Å²) in [5.74, 6) is 2.66. The molecule has 2 fully saturated rings. The molecule has 2 heterocycles. The van der Waals surface area contributed by atoms with Crippen molar-refractivity contribution in [3.8, 4) is 0 Å². The lowest BCUT2D eigenvalue weighted by atomic mass is 9.93. The van der Waals surface area contributed by atoms with Crippen molar-refractivity contribution in [1.29, 1.82) is 0 Å². The highest BCUT2D eigenvalue weighted by molar-refractivity contribution is 7.99. The van der Waals surface area contributed by atoms with E-state index >= 15 is 0 Å². The molecule has 1 unspecified atom stereocenters. The van der Waals surface area contributed by atoms with Crippen LogP contribution in [0.15, 0.2) is 0 Å². The number of carbonyl (C=O) groups excluding carboxylic acids is 1. The number of hydrogen-bond acceptors (Lipinski definition) is 4. The molecule has 2 rings (SSSR count). The molecule has 0 radical (unpaired) electrons. The minimum Gasteiger partial charge on any atom is -0.353 e. The van der Waals surface area contributed by atoms with Crippen LogP contribution in [0.4, 0.5) is 0 Å². The first-order chi connectivity index (χ1) is 8.77. The third-order valence-corrected chi connectivity index (χ3v) is 5.04. The zero-order valence-electron chi connectivity index (χ0n) is 11.3. The van der Waals surface area contributed by atoms with Gasteiger partial charge in [0.15, 0.2) is 0 Å². The Kier molecular flexibility index (Phi) is 5.33. The third kappa shape index (κ3) is 3.39. The van der Waals surface area contributed by atoms with Crippen LogP contribution < -0.4 is 10.6 Å². The molecule has 5 heteroatoms. The minimum absolute atomic E-state index is 0.203. The van der Waals surface area contributed by atoms with Crippen LogP contribution in [0, 0.1) is 0 Å². The van der Waals surface area contributed by atoms with Gasteiger partial charge in [0.05, 0.1) is 5.54 Å². The molecule has 2 aliphatic heterocycles. The van der Waals surface area contributed by atoms with E-state index in [1.54, 1.807) is 0 Å². The summed E-state index contributed by atoms with van der Waals surface area (Å²) in [6.07, 6.45) is 2.99. The largest absolute Gasteiger partial charge is 0.353 e. The molecular weight excluding hydrogens is 246 g/mol. The predicted molar refractivity (Wildman–Crippen MR) is 77.0 cm³/mol. The molecule has 0 bridgehead atoms. The van der Waals surface area contributed by atoms with E-state index in [4.69, 9.17) is 0 Å². The van der Waals surface area contributed by atoms with Crippen molar-refractivity contribution in [1.82, 2.24) is 15.5 Å². The molecule has 0 aliphatic carbocycles. The topological polar surface area (TPSA) is 44.4 Å². The van der Waals surface area contributed by atoms with E-state index in [9.17, 15) is 4.79 Å². The Bertz CT molecular complexity index is 273. The third-order valence-electron chi connectivity index (χ3n) is 4.10. The Morgan fingerprint density at radius 2 is 2.22 bits per heavy atom. The van der Waals surface area contributed by atoms with Gasteiger partial charge >= 0.3 is 0 Å². The van der Waals surface area contributed by atoms with Gasteiger partial charge in [0.1, 0.15) is 0 Å². The van der Waals surface area contributed by atoms with Gasteiger partial charge in [-0.3, -0.25) is 9.69 Å². The van der Waals surface area contributed by atoms with Crippen LogP contribution in [0.1, 0.15) is 26.2 Å². The lowest BCUT2D eigenvalue weighted by Gasteiger charge is -2.29. The number of thioether (sulfide) groups is 1. The van der Waals surface area contributed by atoms with Crippen molar-refractivity contribution in [3.63, 3.8) is 0 Å². The normalized spacial score (nSPS) is 29.4. The summed E-state index contributed by atoms with van der Waals surface area (Å²) in [6.45, 7) is 7.18. The number of hydrogen-bond donors (Lipinski definition) is 2. The van der Waals surface area contributed by atoms with Crippen molar-refractivity contribution < 1.29 is 4.79 Å². The van der Waals surface area contributed by atoms with Gasteiger partial charge in [0, 0.05) is 37.7 Å². The van der Waals surface area contributed by atoms with Crippen molar-refractivity contribution in [3.05, 3.63) is 0 Å². The predicted octanol–water partition coefficient (Wildman–Crippen LogP) is 0.684. The Morgan fingerprint density at radius 3 is 2.83 bits per heavy atom. The van der Waals surface area contributed by atoms with Crippen LogP contribution in [0.3, 0.4) is 0 Å². The molecule has 2 saturated heterocycles. The highest BCUT2D eigenvalue weighted by atomic mass is 32.2. The zero-order chi connectivity index (χ0) is 12.8. The van der Waals surface area contributed by atoms with Gasteiger partial charge in [-0.15, -0.1) is 0 Å². The lowest BCUT2D eigenvalue weighted by Crippen LogP contribution is -2.54. The average Bonchev–Trinajstić information content (AvgIpc) is 2.90. The van der Waals surface area contributed by atoms with Gasteiger partial charge in [-0.1, -0.05) is 6.92 Å². The number of amides is 1. The van der Waals surface area contributed by atoms with Gasteiger partial charge in [-0.25, -0.2) is 0 Å². The first-order valence-corrected chi connectivity index (χ1v) is 8.26. The second kappa shape index (κ2) is 6.78. The highest BCUT2D eigenvalue weighted by Crippen LogP contribution is 2.22. The first-order valence-electron chi connectivity index (χ1n) is 7.10. The Hall–Kier alpha value is -0.260. The van der Waals surface area contributed by atoms with E-state index in [-0.39, 0.29) is 11.4 Å². The molecule has 2 N–H and O–H groups in total. The Morgan fingerprint density at radius 1 is 1.44 bits per heavy atom. The van der Waals surface area contributed by atoms with E-state index in [0.717, 1.165) is 52.0 Å². The molecule has 0 saturated carbocycles. The van der Waals surface area contributed by atoms with Gasteiger partial charge in [0.2, 0.25) is 5.91 Å². The summed E-state index contributed by atoms with van der Waals surface area (Å²) in [5, 5.41) is 6.49. The lowest BCUT2D eigenvalue weighted by molar-refractivity contribution is -0.127. The second-order valence-corrected chi connectivity index (χ2v) is 6.40. The maximum absolute atomic E-state index is 12.2. The first kappa shape index (κ1) is 14.2. The molecular formula is C13H25N3OS. The molecule has 1 amide bonds. The molecule has 1 atom stereocenters. The fourth-order valence-electron chi connectivity index (χ4n) is 2.78. The molecule has 0 aromatic rings. The standard InChI is InChI=1S/C13H25N3OS/c1-2-13(4-3-5-15-13)12(17)14-6-7-16-8-10-18-11-9-16/h15H,2-11H2,1H3,(H,14,17). The quantitative estimate of drug-likeness (QED) is 0.772. The maximum atomic E-state index is 12.2. The number of rotatable bonds is 5.